The lowest BCUT2D eigenvalue weighted by molar-refractivity contribution is 0.222. The second kappa shape index (κ2) is 5.27. The van der Waals surface area contributed by atoms with Gasteiger partial charge in [-0.15, -0.1) is 0 Å². The number of nitrogens with zero attached hydrogens (tertiary/aromatic N) is 2. The minimum atomic E-state index is -0.133. The quantitative estimate of drug-likeness (QED) is 0.811. The van der Waals surface area contributed by atoms with E-state index in [1.807, 2.05) is 6.07 Å². The fraction of sp³-hybridized carbons (Fsp3) is 0.600. The number of halogens is 1. The van der Waals surface area contributed by atoms with Gasteiger partial charge < -0.3 is 4.90 Å². The molecule has 0 spiro atoms. The molecule has 1 aromatic rings. The lowest BCUT2D eigenvalue weighted by atomic mass is 9.89. The fourth-order valence-corrected chi connectivity index (χ4v) is 2.93. The normalized spacial score (nSPS) is 23.3. The molecule has 0 bridgehead atoms. The van der Waals surface area contributed by atoms with Crippen LogP contribution < -0.4 is 4.90 Å². The van der Waals surface area contributed by atoms with Crippen LogP contribution in [0, 0.1) is 5.82 Å². The summed E-state index contributed by atoms with van der Waals surface area (Å²) in [6, 6.07) is 6.07. The van der Waals surface area contributed by atoms with Crippen molar-refractivity contribution in [3.05, 3.63) is 29.6 Å². The van der Waals surface area contributed by atoms with Crippen molar-refractivity contribution in [2.45, 2.75) is 38.8 Å². The standard InChI is InChI=1S/C15H23FN2/c1-5-12-10-15(17(3)6-2)13-9-11(16)7-8-14(13)18(12)4/h7-9,12,15H,5-6,10H2,1-4H3/t12-,15+/m1/s1. The van der Waals surface area contributed by atoms with Crippen molar-refractivity contribution < 1.29 is 4.39 Å². The average Bonchev–Trinajstić information content (AvgIpc) is 2.38. The first-order chi connectivity index (χ1) is 8.58. The third-order valence-electron chi connectivity index (χ3n) is 4.27. The zero-order chi connectivity index (χ0) is 13.3. The molecule has 2 rings (SSSR count). The number of rotatable bonds is 3. The molecule has 1 heterocycles. The van der Waals surface area contributed by atoms with E-state index in [0.29, 0.717) is 12.1 Å². The van der Waals surface area contributed by atoms with Crippen LogP contribution in [0.4, 0.5) is 10.1 Å². The SMILES string of the molecule is CC[C@@H]1C[C@H](N(C)CC)c2cc(F)ccc2N1C. The maximum Gasteiger partial charge on any atom is 0.123 e. The van der Waals surface area contributed by atoms with Crippen LogP contribution in [0.25, 0.3) is 0 Å². The Morgan fingerprint density at radius 3 is 2.72 bits per heavy atom. The topological polar surface area (TPSA) is 6.48 Å². The third-order valence-corrected chi connectivity index (χ3v) is 4.27. The Kier molecular flexibility index (Phi) is 3.91. The van der Waals surface area contributed by atoms with Crippen molar-refractivity contribution >= 4 is 5.69 Å². The smallest absolute Gasteiger partial charge is 0.123 e. The molecule has 0 N–H and O–H groups in total. The van der Waals surface area contributed by atoms with Gasteiger partial charge in [-0.2, -0.15) is 0 Å². The van der Waals surface area contributed by atoms with Crippen molar-refractivity contribution in [2.24, 2.45) is 0 Å². The molecule has 1 aliphatic rings. The maximum atomic E-state index is 13.5. The molecular weight excluding hydrogens is 227 g/mol. The first-order valence-electron chi connectivity index (χ1n) is 6.81. The number of hydrogen-bond acceptors (Lipinski definition) is 2. The Morgan fingerprint density at radius 1 is 1.39 bits per heavy atom. The van der Waals surface area contributed by atoms with Crippen LogP contribution in [0.15, 0.2) is 18.2 Å². The lowest BCUT2D eigenvalue weighted by Gasteiger charge is -2.42. The van der Waals surface area contributed by atoms with Crippen molar-refractivity contribution in [3.8, 4) is 0 Å². The summed E-state index contributed by atoms with van der Waals surface area (Å²) >= 11 is 0. The second-order valence-corrected chi connectivity index (χ2v) is 5.20. The van der Waals surface area contributed by atoms with Gasteiger partial charge in [-0.05, 0) is 50.2 Å². The minimum absolute atomic E-state index is 0.133. The molecule has 100 valence electrons. The first-order valence-corrected chi connectivity index (χ1v) is 6.81. The fourth-order valence-electron chi connectivity index (χ4n) is 2.93. The van der Waals surface area contributed by atoms with Crippen LogP contribution in [-0.4, -0.2) is 31.6 Å². The molecule has 0 amide bonds. The predicted octanol–water partition coefficient (Wildman–Crippen LogP) is 3.44. The van der Waals surface area contributed by atoms with Gasteiger partial charge in [0.25, 0.3) is 0 Å². The summed E-state index contributed by atoms with van der Waals surface area (Å²) in [6.07, 6.45) is 2.20. The molecule has 0 radical (unpaired) electrons. The molecule has 1 aromatic carbocycles. The molecule has 0 fully saturated rings. The Balaban J connectivity index is 2.45. The molecule has 1 aliphatic heterocycles. The van der Waals surface area contributed by atoms with Crippen molar-refractivity contribution in [2.75, 3.05) is 25.5 Å². The zero-order valence-corrected chi connectivity index (χ0v) is 11.8. The van der Waals surface area contributed by atoms with E-state index in [-0.39, 0.29) is 5.82 Å². The highest BCUT2D eigenvalue weighted by molar-refractivity contribution is 5.57. The van der Waals surface area contributed by atoms with Crippen LogP contribution in [0.2, 0.25) is 0 Å². The van der Waals surface area contributed by atoms with Crippen LogP contribution in [0.5, 0.6) is 0 Å². The van der Waals surface area contributed by atoms with Gasteiger partial charge in [0.2, 0.25) is 0 Å². The van der Waals surface area contributed by atoms with Gasteiger partial charge >= 0.3 is 0 Å². The van der Waals surface area contributed by atoms with E-state index in [9.17, 15) is 4.39 Å². The molecule has 2 nitrogen and oxygen atoms in total. The summed E-state index contributed by atoms with van der Waals surface area (Å²) in [7, 11) is 4.24. The van der Waals surface area contributed by atoms with E-state index in [1.165, 1.54) is 5.69 Å². The van der Waals surface area contributed by atoms with E-state index in [0.717, 1.165) is 24.9 Å². The first kappa shape index (κ1) is 13.3. The summed E-state index contributed by atoms with van der Waals surface area (Å²) in [4.78, 5) is 4.61. The van der Waals surface area contributed by atoms with Gasteiger partial charge in [0.15, 0.2) is 0 Å². The molecule has 2 atom stereocenters. The molecule has 3 heteroatoms. The average molecular weight is 250 g/mol. The van der Waals surface area contributed by atoms with Gasteiger partial charge in [0.05, 0.1) is 0 Å². The van der Waals surface area contributed by atoms with E-state index < -0.39 is 0 Å². The van der Waals surface area contributed by atoms with Gasteiger partial charge in [0.1, 0.15) is 5.82 Å². The largest absolute Gasteiger partial charge is 0.371 e. The van der Waals surface area contributed by atoms with Crippen molar-refractivity contribution in [1.29, 1.82) is 0 Å². The molecule has 0 aliphatic carbocycles. The number of fused-ring (bicyclic) bond motifs is 1. The Morgan fingerprint density at radius 2 is 2.11 bits per heavy atom. The zero-order valence-electron chi connectivity index (χ0n) is 11.8. The molecule has 0 saturated heterocycles. The highest BCUT2D eigenvalue weighted by Crippen LogP contribution is 2.40. The van der Waals surface area contributed by atoms with E-state index in [1.54, 1.807) is 12.1 Å². The van der Waals surface area contributed by atoms with Gasteiger partial charge in [-0.25, -0.2) is 4.39 Å². The Hall–Kier alpha value is -1.09. The summed E-state index contributed by atoms with van der Waals surface area (Å²) in [6.45, 7) is 5.36. The molecule has 0 unspecified atom stereocenters. The Bertz CT molecular complexity index is 419. The number of benzene rings is 1. The summed E-state index contributed by atoms with van der Waals surface area (Å²) in [5, 5.41) is 0. The molecule has 0 aromatic heterocycles. The second-order valence-electron chi connectivity index (χ2n) is 5.20. The maximum absolute atomic E-state index is 13.5. The molecule has 0 saturated carbocycles. The monoisotopic (exact) mass is 250 g/mol. The van der Waals surface area contributed by atoms with E-state index in [2.05, 4.69) is 37.7 Å². The highest BCUT2D eigenvalue weighted by Gasteiger charge is 2.31. The van der Waals surface area contributed by atoms with Crippen LogP contribution in [0.3, 0.4) is 0 Å². The Labute approximate surface area is 109 Å². The summed E-state index contributed by atoms with van der Waals surface area (Å²) < 4.78 is 13.5. The number of anilines is 1. The summed E-state index contributed by atoms with van der Waals surface area (Å²) in [5.74, 6) is -0.133. The van der Waals surface area contributed by atoms with Crippen LogP contribution >= 0.6 is 0 Å². The van der Waals surface area contributed by atoms with Crippen molar-refractivity contribution in [1.82, 2.24) is 4.90 Å². The molecule has 18 heavy (non-hydrogen) atoms. The lowest BCUT2D eigenvalue weighted by Crippen LogP contribution is -2.41. The number of hydrogen-bond donors (Lipinski definition) is 0. The van der Waals surface area contributed by atoms with Gasteiger partial charge in [0, 0.05) is 24.8 Å². The highest BCUT2D eigenvalue weighted by atomic mass is 19.1. The van der Waals surface area contributed by atoms with Gasteiger partial charge in [-0.3, -0.25) is 4.90 Å². The van der Waals surface area contributed by atoms with Gasteiger partial charge in [-0.1, -0.05) is 13.8 Å². The third kappa shape index (κ3) is 2.24. The van der Waals surface area contributed by atoms with E-state index >= 15 is 0 Å². The minimum Gasteiger partial charge on any atom is -0.371 e. The van der Waals surface area contributed by atoms with Crippen LogP contribution in [0.1, 0.15) is 38.3 Å². The molecular formula is C15H23FN2. The summed E-state index contributed by atoms with van der Waals surface area (Å²) in [5.41, 5.74) is 2.31. The predicted molar refractivity (Wildman–Crippen MR) is 74.5 cm³/mol. The van der Waals surface area contributed by atoms with Crippen LogP contribution in [-0.2, 0) is 0 Å². The van der Waals surface area contributed by atoms with E-state index in [4.69, 9.17) is 0 Å². The van der Waals surface area contributed by atoms with Crippen molar-refractivity contribution in [3.63, 3.8) is 0 Å².